The van der Waals surface area contributed by atoms with Crippen molar-refractivity contribution in [1.82, 2.24) is 9.66 Å². The van der Waals surface area contributed by atoms with Gasteiger partial charge in [0.05, 0.1) is 11.2 Å². The van der Waals surface area contributed by atoms with Crippen LogP contribution in [0.15, 0.2) is 55.0 Å². The van der Waals surface area contributed by atoms with Gasteiger partial charge in [-0.05, 0) is 36.6 Å². The van der Waals surface area contributed by atoms with Gasteiger partial charge in [-0.1, -0.05) is 32.0 Å². The molecule has 0 aliphatic rings. The molecule has 0 saturated carbocycles. The van der Waals surface area contributed by atoms with Gasteiger partial charge in [-0.15, -0.1) is 0 Å². The summed E-state index contributed by atoms with van der Waals surface area (Å²) < 4.78 is 2.26. The van der Waals surface area contributed by atoms with Crippen molar-refractivity contribution in [3.63, 3.8) is 0 Å². The number of aromatic nitrogens is 2. The van der Waals surface area contributed by atoms with Crippen LogP contribution in [0.25, 0.3) is 10.9 Å². The van der Waals surface area contributed by atoms with Crippen LogP contribution >= 0.6 is 0 Å². The van der Waals surface area contributed by atoms with Gasteiger partial charge in [0.15, 0.2) is 0 Å². The molecule has 0 bridgehead atoms. The van der Waals surface area contributed by atoms with Crippen molar-refractivity contribution in [2.24, 2.45) is 0 Å². The minimum Gasteiger partial charge on any atom is -0.281 e. The minimum atomic E-state index is 0.982. The molecule has 0 spiro atoms. The molecule has 3 nitrogen and oxygen atoms in total. The third-order valence-corrected chi connectivity index (χ3v) is 3.81. The van der Waals surface area contributed by atoms with E-state index in [1.54, 1.807) is 0 Å². The lowest BCUT2D eigenvalue weighted by molar-refractivity contribution is 0.691. The van der Waals surface area contributed by atoms with Gasteiger partial charge in [0.1, 0.15) is 0 Å². The maximum atomic E-state index is 4.27. The maximum Gasteiger partial charge on any atom is 0.0698 e. The van der Waals surface area contributed by atoms with Crippen molar-refractivity contribution in [2.75, 3.05) is 11.6 Å². The molecule has 2 aromatic heterocycles. The average molecular weight is 279 g/mol. The van der Waals surface area contributed by atoms with E-state index in [9.17, 15) is 0 Å². The van der Waals surface area contributed by atoms with Crippen LogP contribution in [0.5, 0.6) is 0 Å². The highest BCUT2D eigenvalue weighted by molar-refractivity contribution is 5.81. The zero-order chi connectivity index (χ0) is 14.7. The number of fused-ring (bicyclic) bond motifs is 1. The number of para-hydroxylation sites is 1. The molecule has 0 radical (unpaired) electrons. The predicted molar refractivity (Wildman–Crippen MR) is 88.6 cm³/mol. The van der Waals surface area contributed by atoms with Gasteiger partial charge < -0.3 is 0 Å². The van der Waals surface area contributed by atoms with Crippen molar-refractivity contribution < 1.29 is 0 Å². The van der Waals surface area contributed by atoms with E-state index in [1.165, 1.54) is 22.2 Å². The zero-order valence-electron chi connectivity index (χ0n) is 12.7. The van der Waals surface area contributed by atoms with Crippen molar-refractivity contribution in [3.05, 3.63) is 60.6 Å². The third kappa shape index (κ3) is 2.51. The Morgan fingerprint density at radius 1 is 1.10 bits per heavy atom. The molecule has 3 aromatic rings. The van der Waals surface area contributed by atoms with Crippen LogP contribution in [0, 0.1) is 0 Å². The Balaban J connectivity index is 2.13. The zero-order valence-corrected chi connectivity index (χ0v) is 12.7. The molecule has 0 atom stereocenters. The first kappa shape index (κ1) is 13.7. The molecule has 1 aromatic carbocycles. The van der Waals surface area contributed by atoms with Gasteiger partial charge in [-0.25, -0.2) is 0 Å². The number of aryl methyl sites for hydroxylation is 1. The highest BCUT2D eigenvalue weighted by Crippen LogP contribution is 2.24. The number of pyridine rings is 1. The number of nitrogens with zero attached hydrogens (tertiary/aromatic N) is 3. The second-order valence-corrected chi connectivity index (χ2v) is 5.20. The Morgan fingerprint density at radius 2 is 1.95 bits per heavy atom. The van der Waals surface area contributed by atoms with Crippen LogP contribution in [0.4, 0.5) is 5.69 Å². The Morgan fingerprint density at radius 3 is 2.76 bits per heavy atom. The molecule has 0 N–H and O–H groups in total. The second kappa shape index (κ2) is 6.00. The van der Waals surface area contributed by atoms with Crippen LogP contribution in [0.2, 0.25) is 0 Å². The van der Waals surface area contributed by atoms with Crippen LogP contribution in [0.3, 0.4) is 0 Å². The lowest BCUT2D eigenvalue weighted by Crippen LogP contribution is -2.30. The van der Waals surface area contributed by atoms with E-state index in [1.807, 2.05) is 12.4 Å². The summed E-state index contributed by atoms with van der Waals surface area (Å²) in [6.45, 7) is 5.37. The summed E-state index contributed by atoms with van der Waals surface area (Å²) in [5.74, 6) is 0. The van der Waals surface area contributed by atoms with E-state index >= 15 is 0 Å². The summed E-state index contributed by atoms with van der Waals surface area (Å²) in [6.07, 6.45) is 8.09. The van der Waals surface area contributed by atoms with Gasteiger partial charge >= 0.3 is 0 Å². The molecule has 0 unspecified atom stereocenters. The van der Waals surface area contributed by atoms with Crippen LogP contribution in [-0.4, -0.2) is 16.2 Å². The molecule has 0 amide bonds. The molecule has 0 fully saturated rings. The van der Waals surface area contributed by atoms with Crippen LogP contribution in [0.1, 0.15) is 25.8 Å². The standard InChI is InChI=1S/C18H21N3/c1-3-12-20(18-9-11-19-14-15(18)4-2)21-13-10-16-7-5-6-8-17(16)21/h5-11,13-14H,3-4,12H2,1-2H3. The van der Waals surface area contributed by atoms with E-state index in [4.69, 9.17) is 0 Å². The van der Waals surface area contributed by atoms with Crippen molar-refractivity contribution in [1.29, 1.82) is 0 Å². The maximum absolute atomic E-state index is 4.27. The topological polar surface area (TPSA) is 21.1 Å². The summed E-state index contributed by atoms with van der Waals surface area (Å²) in [7, 11) is 0. The van der Waals surface area contributed by atoms with E-state index in [0.29, 0.717) is 0 Å². The second-order valence-electron chi connectivity index (χ2n) is 5.20. The minimum absolute atomic E-state index is 0.982. The highest BCUT2D eigenvalue weighted by atomic mass is 15.5. The summed E-state index contributed by atoms with van der Waals surface area (Å²) >= 11 is 0. The van der Waals surface area contributed by atoms with Crippen molar-refractivity contribution >= 4 is 16.6 Å². The Kier molecular flexibility index (Phi) is 3.91. The Hall–Kier alpha value is -2.29. The molecule has 0 aliphatic heterocycles. The monoisotopic (exact) mass is 279 g/mol. The molecular formula is C18H21N3. The van der Waals surface area contributed by atoms with E-state index in [2.05, 4.69) is 71.1 Å². The van der Waals surface area contributed by atoms with Gasteiger partial charge in [-0.3, -0.25) is 14.7 Å². The fraction of sp³-hybridized carbons (Fsp3) is 0.278. The number of hydrogen-bond acceptors (Lipinski definition) is 2. The molecule has 108 valence electrons. The molecule has 3 heteroatoms. The lowest BCUT2D eigenvalue weighted by Gasteiger charge is -2.28. The van der Waals surface area contributed by atoms with Gasteiger partial charge in [-0.2, -0.15) is 0 Å². The molecule has 0 aliphatic carbocycles. The van der Waals surface area contributed by atoms with Crippen molar-refractivity contribution in [2.45, 2.75) is 26.7 Å². The normalized spacial score (nSPS) is 11.0. The third-order valence-electron chi connectivity index (χ3n) is 3.81. The smallest absolute Gasteiger partial charge is 0.0698 e. The van der Waals surface area contributed by atoms with Gasteiger partial charge in [0, 0.05) is 30.5 Å². The first-order valence-corrected chi connectivity index (χ1v) is 7.62. The Bertz CT molecular complexity index is 730. The summed E-state index contributed by atoms with van der Waals surface area (Å²) in [5, 5.41) is 3.62. The molecule has 3 rings (SSSR count). The largest absolute Gasteiger partial charge is 0.281 e. The fourth-order valence-electron chi connectivity index (χ4n) is 2.78. The average Bonchev–Trinajstić information content (AvgIpc) is 2.96. The van der Waals surface area contributed by atoms with Gasteiger partial charge in [0.25, 0.3) is 0 Å². The van der Waals surface area contributed by atoms with E-state index < -0.39 is 0 Å². The Labute approximate surface area is 125 Å². The van der Waals surface area contributed by atoms with E-state index in [-0.39, 0.29) is 0 Å². The number of hydrogen-bond donors (Lipinski definition) is 0. The molecule has 21 heavy (non-hydrogen) atoms. The van der Waals surface area contributed by atoms with E-state index in [0.717, 1.165) is 19.4 Å². The van der Waals surface area contributed by atoms with Crippen molar-refractivity contribution in [3.8, 4) is 0 Å². The first-order chi connectivity index (χ1) is 10.3. The summed E-state index contributed by atoms with van der Waals surface area (Å²) in [6, 6.07) is 12.8. The summed E-state index contributed by atoms with van der Waals surface area (Å²) in [5.41, 5.74) is 3.77. The lowest BCUT2D eigenvalue weighted by atomic mass is 10.2. The highest BCUT2D eigenvalue weighted by Gasteiger charge is 2.13. The summed E-state index contributed by atoms with van der Waals surface area (Å²) in [4.78, 5) is 4.27. The fourth-order valence-corrected chi connectivity index (χ4v) is 2.78. The number of rotatable bonds is 5. The van der Waals surface area contributed by atoms with Crippen LogP contribution in [-0.2, 0) is 6.42 Å². The molecule has 2 heterocycles. The molecule has 0 saturated heterocycles. The number of benzene rings is 1. The van der Waals surface area contributed by atoms with Crippen LogP contribution < -0.4 is 5.01 Å². The quantitative estimate of drug-likeness (QED) is 0.695. The predicted octanol–water partition coefficient (Wildman–Crippen LogP) is 4.28. The van der Waals surface area contributed by atoms with Gasteiger partial charge in [0.2, 0.25) is 0 Å². The number of anilines is 1. The SMILES string of the molecule is CCCN(c1ccncc1CC)n1ccc2ccccc21. The molecular weight excluding hydrogens is 258 g/mol. The first-order valence-electron chi connectivity index (χ1n) is 7.62.